The van der Waals surface area contributed by atoms with Crippen molar-refractivity contribution in [3.05, 3.63) is 0 Å². The Kier molecular flexibility index (Phi) is 23.8. The van der Waals surface area contributed by atoms with Gasteiger partial charge in [0, 0.05) is 24.5 Å². The van der Waals surface area contributed by atoms with Crippen molar-refractivity contribution in [2.24, 2.45) is 67.5 Å². The maximum atomic E-state index is 12.7. The van der Waals surface area contributed by atoms with Gasteiger partial charge in [-0.3, -0.25) is 14.8 Å². The van der Waals surface area contributed by atoms with Crippen molar-refractivity contribution in [3.8, 4) is 0 Å². The lowest BCUT2D eigenvalue weighted by atomic mass is 9.76. The van der Waals surface area contributed by atoms with E-state index >= 15 is 0 Å². The number of aliphatic hydroxyl groups excluding tert-OH is 13. The maximum absolute atomic E-state index is 12.7. The maximum Gasteiger partial charge on any atom is 0.187 e. The highest BCUT2D eigenvalue weighted by atomic mass is 16.8. The average molecular weight is 1120 g/mol. The van der Waals surface area contributed by atoms with Crippen LogP contribution in [0.1, 0.15) is 52.9 Å². The molecule has 448 valence electrons. The predicted molar refractivity (Wildman–Crippen MR) is 262 cm³/mol. The number of aliphatic imine (C=N–C) groups is 2. The molecule has 2 saturated carbocycles. The number of guanidine groups is 2. The highest BCUT2D eigenvalue weighted by molar-refractivity contribution is 5.83. The van der Waals surface area contributed by atoms with E-state index in [1.165, 1.54) is 13.8 Å². The zero-order valence-electron chi connectivity index (χ0n) is 42.9. The van der Waals surface area contributed by atoms with Gasteiger partial charge in [0.15, 0.2) is 42.9 Å². The lowest BCUT2D eigenvalue weighted by Crippen LogP contribution is -2.68. The molecule has 0 amide bonds. The zero-order valence-corrected chi connectivity index (χ0v) is 42.9. The molecular weight excluding hydrogens is 1030 g/mol. The third kappa shape index (κ3) is 15.6. The first-order valence-electron chi connectivity index (χ1n) is 25.5. The van der Waals surface area contributed by atoms with E-state index in [1.54, 1.807) is 0 Å². The van der Waals surface area contributed by atoms with Gasteiger partial charge in [0.05, 0.1) is 49.6 Å². The molecule has 0 aromatic heterocycles. The summed E-state index contributed by atoms with van der Waals surface area (Å²) < 4.78 is 46.1. The number of ether oxygens (including phenoxy) is 8. The number of hydrogen-bond donors (Lipinski definition) is 22. The van der Waals surface area contributed by atoms with Crippen molar-refractivity contribution >= 4 is 17.7 Å². The molecular formula is C44H85N11O22. The van der Waals surface area contributed by atoms with Crippen LogP contribution in [-0.2, 0) is 42.7 Å². The summed E-state index contributed by atoms with van der Waals surface area (Å²) in [5, 5.41) is 135. The van der Waals surface area contributed by atoms with Crippen molar-refractivity contribution in [3.63, 3.8) is 0 Å². The summed E-state index contributed by atoms with van der Waals surface area (Å²) in [5.74, 6) is -1.80. The number of nitrogens with two attached hydrogens (primary N) is 9. The van der Waals surface area contributed by atoms with E-state index in [1.807, 2.05) is 6.92 Å². The minimum Gasteiger partial charge on any atom is -0.391 e. The third-order valence-electron chi connectivity index (χ3n) is 14.6. The van der Waals surface area contributed by atoms with Crippen molar-refractivity contribution in [2.75, 3.05) is 13.1 Å². The molecule has 4 heterocycles. The second kappa shape index (κ2) is 28.2. The Hall–Kier alpha value is -2.83. The van der Waals surface area contributed by atoms with Gasteiger partial charge in [-0.25, -0.2) is 0 Å². The molecule has 2 aliphatic carbocycles. The number of carbonyl (C=O) groups excluding carboxylic acids is 1. The van der Waals surface area contributed by atoms with Crippen LogP contribution < -0.4 is 51.6 Å². The van der Waals surface area contributed by atoms with Crippen molar-refractivity contribution in [1.82, 2.24) is 0 Å². The standard InChI is InChI=1S/C25H47N5O12.C19H38N6O10/c1-3-4-11(32)12(33)6-9-5-10(26)21(41-23-14(27)17(36)18(37)20(40-23)8(2)31)22(15(9)34)42-24-19(38)16(35)13(39-24)7-30-25(28)29;1-4(26)14-12(30)11(29)8(22)17(33-14)34-15-6(21)2-5(20)9(27)16(15)35-18-13(31)10(28)7(32-18)3-25-19(23)24/h8-11,13-24,31-32,34-38H,3-7,26-27H2,1-2H3,(H4,28,29,30);4-18,26-31H,2-3,20-22H2,1H3,(H4,23,24,25)/t8-,9+,10?,11?,13-,14?,15?,16+,17-,18+,19?,20?,21-,22-,23-,24+;4-,5-,6?,7-,8?,9?,10+,11-,12+,13?,14?,15-,16-,17-,18+/m11/s1. The topological polar surface area (TPSA) is 613 Å². The average Bonchev–Trinajstić information content (AvgIpc) is 3.79. The molecule has 31 N–H and O–H groups in total. The van der Waals surface area contributed by atoms with E-state index in [-0.39, 0.29) is 50.7 Å². The molecule has 4 saturated heterocycles. The fraction of sp³-hybridized carbons (Fsp3) is 0.932. The molecule has 4 aliphatic heterocycles. The van der Waals surface area contributed by atoms with Gasteiger partial charge in [0.2, 0.25) is 0 Å². The Bertz CT molecular complexity index is 1900. The van der Waals surface area contributed by atoms with Crippen LogP contribution in [0.5, 0.6) is 0 Å². The number of Topliss-reactive ketones (excluding diaryl/α,β-unsaturated/α-hetero) is 1. The molecule has 11 unspecified atom stereocenters. The largest absolute Gasteiger partial charge is 0.391 e. The molecule has 0 bridgehead atoms. The molecule has 31 atom stereocenters. The second-order valence-electron chi connectivity index (χ2n) is 20.7. The van der Waals surface area contributed by atoms with E-state index in [0.29, 0.717) is 6.42 Å². The fourth-order valence-corrected chi connectivity index (χ4v) is 10.1. The number of rotatable bonds is 19. The minimum absolute atomic E-state index is 0.0348. The van der Waals surface area contributed by atoms with Gasteiger partial charge < -0.3 is 156 Å². The van der Waals surface area contributed by atoms with Gasteiger partial charge in [-0.05, 0) is 39.0 Å². The van der Waals surface area contributed by atoms with Crippen molar-refractivity contribution in [1.29, 1.82) is 0 Å². The van der Waals surface area contributed by atoms with Crippen LogP contribution >= 0.6 is 0 Å². The van der Waals surface area contributed by atoms with E-state index in [2.05, 4.69) is 9.98 Å². The molecule has 6 fully saturated rings. The van der Waals surface area contributed by atoms with Gasteiger partial charge in [-0.15, -0.1) is 0 Å². The summed E-state index contributed by atoms with van der Waals surface area (Å²) in [4.78, 5) is 20.2. The van der Waals surface area contributed by atoms with Crippen LogP contribution in [0.25, 0.3) is 0 Å². The molecule has 33 nitrogen and oxygen atoms in total. The lowest BCUT2D eigenvalue weighted by molar-refractivity contribution is -0.317. The third-order valence-corrected chi connectivity index (χ3v) is 14.6. The first-order chi connectivity index (χ1) is 36.0. The van der Waals surface area contributed by atoms with Crippen LogP contribution in [0, 0.1) is 5.92 Å². The van der Waals surface area contributed by atoms with E-state index in [4.69, 9.17) is 89.5 Å². The quantitative estimate of drug-likeness (QED) is 0.0422. The van der Waals surface area contributed by atoms with Crippen LogP contribution in [0.15, 0.2) is 9.98 Å². The van der Waals surface area contributed by atoms with Crippen LogP contribution in [-0.4, -0.2) is 281 Å². The SMILES string of the molecule is CCCC(O)C(=O)C[C@@H]1CC(N)[C@@H](O[C@H]2OC([C@@H](C)O)[C@@H](O)[C@H](O)C2N)[C@H](O[C@@H]2O[C@H](CN=C(N)N)[C@H](O)C2O)C1O.C[C@@H](O)C1O[C@H](O[C@@H]2C(N)C[C@@H](N)C(O)[C@H]2O[C@@H]2O[C@H](CN=C(N)N)[C@H](O)C2O)C(N)[C@@H](O)[C@@H]1O. The summed E-state index contributed by atoms with van der Waals surface area (Å²) in [6.07, 6.45) is -33.1. The summed E-state index contributed by atoms with van der Waals surface area (Å²) in [7, 11) is 0. The van der Waals surface area contributed by atoms with E-state index in [9.17, 15) is 71.2 Å². The highest BCUT2D eigenvalue weighted by Crippen LogP contribution is 2.38. The molecule has 0 radical (unpaired) electrons. The molecule has 6 rings (SSSR count). The molecule has 77 heavy (non-hydrogen) atoms. The monoisotopic (exact) mass is 1120 g/mol. The lowest BCUT2D eigenvalue weighted by Gasteiger charge is -2.48. The zero-order chi connectivity index (χ0) is 57.7. The van der Waals surface area contributed by atoms with E-state index < -0.39 is 195 Å². The summed E-state index contributed by atoms with van der Waals surface area (Å²) in [6.45, 7) is 4.15. The fourth-order valence-electron chi connectivity index (χ4n) is 10.1. The molecule has 0 aromatic carbocycles. The number of carbonyl (C=O) groups is 1. The molecule has 0 spiro atoms. The summed E-state index contributed by atoms with van der Waals surface area (Å²) in [5.41, 5.74) is 52.0. The number of aliphatic hydroxyl groups is 13. The smallest absolute Gasteiger partial charge is 0.187 e. The van der Waals surface area contributed by atoms with Gasteiger partial charge in [-0.1, -0.05) is 13.3 Å². The Morgan fingerprint density at radius 3 is 1.29 bits per heavy atom. The summed E-state index contributed by atoms with van der Waals surface area (Å²) in [6, 6.07) is -5.12. The number of hydrogen-bond acceptors (Lipinski definition) is 29. The van der Waals surface area contributed by atoms with Crippen LogP contribution in [0.3, 0.4) is 0 Å². The van der Waals surface area contributed by atoms with E-state index in [0.717, 1.165) is 0 Å². The Morgan fingerprint density at radius 2 is 0.896 bits per heavy atom. The van der Waals surface area contributed by atoms with Gasteiger partial charge in [-0.2, -0.15) is 0 Å². The second-order valence-corrected chi connectivity index (χ2v) is 20.7. The Balaban J connectivity index is 0.000000289. The molecule has 0 aromatic rings. The Labute approximate surface area is 443 Å². The minimum atomic E-state index is -1.61. The highest BCUT2D eigenvalue weighted by Gasteiger charge is 2.55. The van der Waals surface area contributed by atoms with Crippen molar-refractivity contribution < 1.29 is 109 Å². The first kappa shape index (κ1) is 65.0. The number of nitrogens with zero attached hydrogens (tertiary/aromatic N) is 2. The van der Waals surface area contributed by atoms with Gasteiger partial charge >= 0.3 is 0 Å². The normalized spacial score (nSPS) is 46.5. The summed E-state index contributed by atoms with van der Waals surface area (Å²) >= 11 is 0. The van der Waals surface area contributed by atoms with Gasteiger partial charge in [0.1, 0.15) is 104 Å². The van der Waals surface area contributed by atoms with Crippen molar-refractivity contribution in [2.45, 2.75) is 236 Å². The van der Waals surface area contributed by atoms with Gasteiger partial charge in [0.25, 0.3) is 0 Å². The van der Waals surface area contributed by atoms with Crippen LogP contribution in [0.4, 0.5) is 0 Å². The predicted octanol–water partition coefficient (Wildman–Crippen LogP) is -12.5. The molecule has 33 heteroatoms. The first-order valence-corrected chi connectivity index (χ1v) is 25.5. The Morgan fingerprint density at radius 1 is 0.506 bits per heavy atom. The number of ketones is 1. The molecule has 6 aliphatic rings. The van der Waals surface area contributed by atoms with Crippen LogP contribution in [0.2, 0.25) is 0 Å².